The standard InChI is InChI=1S/2C28H24S2/c2*1-9-25-10-2-21(1)17-29-18-22-5-13-27(14-6-22)28-15-7-24(8-16-28)20-30-19-23-3-11-26(25)12-4-23/h2*1-16H,17-20H2. The Morgan fingerprint density at radius 2 is 0.250 bits per heavy atom. The zero-order valence-corrected chi connectivity index (χ0v) is 37.0. The Kier molecular flexibility index (Phi) is 13.6. The minimum Gasteiger partial charge on any atom is -0.152 e. The molecule has 20 aliphatic heterocycles. The summed E-state index contributed by atoms with van der Waals surface area (Å²) >= 11 is 7.90. The van der Waals surface area contributed by atoms with E-state index < -0.39 is 0 Å². The molecule has 0 atom stereocenters. The van der Waals surface area contributed by atoms with Gasteiger partial charge in [0.25, 0.3) is 0 Å². The van der Waals surface area contributed by atoms with E-state index in [1.807, 2.05) is 47.0 Å². The van der Waals surface area contributed by atoms with Crippen LogP contribution in [0.1, 0.15) is 44.5 Å². The van der Waals surface area contributed by atoms with Gasteiger partial charge in [-0.1, -0.05) is 194 Å². The number of hydrogen-bond donors (Lipinski definition) is 0. The Hall–Kier alpha value is -4.84. The second-order valence-electron chi connectivity index (χ2n) is 15.5. The third-order valence-corrected chi connectivity index (χ3v) is 15.4. The van der Waals surface area contributed by atoms with E-state index >= 15 is 0 Å². The Morgan fingerprint density at radius 3 is 0.350 bits per heavy atom. The molecule has 0 saturated carbocycles. The molecule has 0 unspecified atom stereocenters. The van der Waals surface area contributed by atoms with Crippen molar-refractivity contribution in [2.24, 2.45) is 0 Å². The first-order valence-electron chi connectivity index (χ1n) is 20.7. The van der Waals surface area contributed by atoms with Crippen molar-refractivity contribution in [3.8, 4) is 44.5 Å². The number of benzene rings is 8. The van der Waals surface area contributed by atoms with Crippen LogP contribution in [0.4, 0.5) is 0 Å². The molecule has 16 bridgehead atoms. The molecule has 8 aromatic carbocycles. The highest BCUT2D eigenvalue weighted by Gasteiger charge is 2.06. The first-order valence-corrected chi connectivity index (χ1v) is 25.3. The van der Waals surface area contributed by atoms with Crippen LogP contribution in [0.3, 0.4) is 0 Å². The molecule has 0 N–H and O–H groups in total. The summed E-state index contributed by atoms with van der Waals surface area (Å²) < 4.78 is 0. The van der Waals surface area contributed by atoms with Gasteiger partial charge in [0.15, 0.2) is 0 Å². The van der Waals surface area contributed by atoms with Crippen LogP contribution in [0.2, 0.25) is 0 Å². The molecule has 0 aromatic heterocycles. The maximum Gasteiger partial charge on any atom is 0.0187 e. The molecule has 20 heterocycles. The summed E-state index contributed by atoms with van der Waals surface area (Å²) in [6.07, 6.45) is 0. The van der Waals surface area contributed by atoms with Crippen molar-refractivity contribution < 1.29 is 0 Å². The van der Waals surface area contributed by atoms with E-state index in [1.54, 1.807) is 0 Å². The van der Waals surface area contributed by atoms with Crippen LogP contribution in [-0.2, 0) is 46.0 Å². The molecule has 0 nitrogen and oxygen atoms in total. The van der Waals surface area contributed by atoms with Gasteiger partial charge in [0.05, 0.1) is 0 Å². The van der Waals surface area contributed by atoms with Gasteiger partial charge in [-0.2, -0.15) is 47.0 Å². The largest absolute Gasteiger partial charge is 0.152 e. The van der Waals surface area contributed by atoms with Gasteiger partial charge in [0, 0.05) is 46.0 Å². The fourth-order valence-electron chi connectivity index (χ4n) is 7.49. The van der Waals surface area contributed by atoms with E-state index in [0.717, 1.165) is 46.0 Å². The lowest BCUT2D eigenvalue weighted by atomic mass is 10.0. The predicted octanol–water partition coefficient (Wildman–Crippen LogP) is 16.4. The van der Waals surface area contributed by atoms with Crippen molar-refractivity contribution in [1.29, 1.82) is 0 Å². The molecule has 28 rings (SSSR count). The molecule has 0 spiro atoms. The molecule has 0 aliphatic carbocycles. The maximum absolute atomic E-state index is 2.27. The van der Waals surface area contributed by atoms with Crippen LogP contribution in [0.25, 0.3) is 44.5 Å². The van der Waals surface area contributed by atoms with E-state index in [-0.39, 0.29) is 0 Å². The summed E-state index contributed by atoms with van der Waals surface area (Å²) in [5.74, 6) is 8.33. The van der Waals surface area contributed by atoms with E-state index in [0.29, 0.717) is 0 Å². The van der Waals surface area contributed by atoms with Gasteiger partial charge in [-0.15, -0.1) is 0 Å². The molecule has 60 heavy (non-hydrogen) atoms. The van der Waals surface area contributed by atoms with Gasteiger partial charge in [-0.3, -0.25) is 0 Å². The fourth-order valence-corrected chi connectivity index (χ4v) is 11.3. The smallest absolute Gasteiger partial charge is 0.0187 e. The highest BCUT2D eigenvalue weighted by Crippen LogP contribution is 2.30. The Morgan fingerprint density at radius 1 is 0.150 bits per heavy atom. The van der Waals surface area contributed by atoms with E-state index in [2.05, 4.69) is 194 Å². The SMILES string of the molecule is c1cc2ccc1CSCc1ccc(cc1)-c1ccc(cc1)CSCc1ccc-2cc1.c1cc2ccc1CSCc1ccc(cc1)-c1ccc(cc1)CSCc1ccc-2cc1. The number of rotatable bonds is 0. The van der Waals surface area contributed by atoms with E-state index in [1.165, 1.54) is 89.0 Å². The first-order chi connectivity index (χ1) is 29.7. The van der Waals surface area contributed by atoms with Gasteiger partial charge in [0.2, 0.25) is 0 Å². The molecular weight excluding hydrogens is 801 g/mol. The van der Waals surface area contributed by atoms with Crippen molar-refractivity contribution in [2.45, 2.75) is 46.0 Å². The maximum atomic E-state index is 2.27. The molecule has 296 valence electrons. The normalized spacial score (nSPS) is 13.9. The van der Waals surface area contributed by atoms with Crippen LogP contribution in [0, 0.1) is 0 Å². The molecule has 4 heteroatoms. The quantitative estimate of drug-likeness (QED) is 0.149. The topological polar surface area (TPSA) is 0 Å². The zero-order valence-electron chi connectivity index (χ0n) is 33.8. The van der Waals surface area contributed by atoms with Gasteiger partial charge >= 0.3 is 0 Å². The minimum atomic E-state index is 1.04. The van der Waals surface area contributed by atoms with E-state index in [9.17, 15) is 0 Å². The van der Waals surface area contributed by atoms with Gasteiger partial charge in [-0.05, 0) is 89.0 Å². The Balaban J connectivity index is 0.000000154. The molecule has 0 amide bonds. The molecule has 0 radical (unpaired) electrons. The summed E-state index contributed by atoms with van der Waals surface area (Å²) in [5.41, 5.74) is 21.4. The monoisotopic (exact) mass is 848 g/mol. The fraction of sp³-hybridized carbons (Fsp3) is 0.143. The molecule has 8 aromatic rings. The van der Waals surface area contributed by atoms with Crippen molar-refractivity contribution in [3.63, 3.8) is 0 Å². The molecule has 20 aliphatic rings. The van der Waals surface area contributed by atoms with Crippen LogP contribution in [-0.4, -0.2) is 0 Å². The summed E-state index contributed by atoms with van der Waals surface area (Å²) in [5, 5.41) is 0. The van der Waals surface area contributed by atoms with Crippen LogP contribution in [0.5, 0.6) is 0 Å². The van der Waals surface area contributed by atoms with Gasteiger partial charge in [0.1, 0.15) is 0 Å². The minimum absolute atomic E-state index is 1.04. The predicted molar refractivity (Wildman–Crippen MR) is 268 cm³/mol. The van der Waals surface area contributed by atoms with Gasteiger partial charge in [-0.25, -0.2) is 0 Å². The number of hydrogen-bond acceptors (Lipinski definition) is 4. The summed E-state index contributed by atoms with van der Waals surface area (Å²) in [6.45, 7) is 0. The average molecular weight is 849 g/mol. The summed E-state index contributed by atoms with van der Waals surface area (Å²) in [6, 6.07) is 72.4. The lowest BCUT2D eigenvalue weighted by Gasteiger charge is -2.09. The van der Waals surface area contributed by atoms with Crippen LogP contribution in [0.15, 0.2) is 194 Å². The third-order valence-electron chi connectivity index (χ3n) is 11.1. The van der Waals surface area contributed by atoms with Gasteiger partial charge < -0.3 is 0 Å². The summed E-state index contributed by atoms with van der Waals surface area (Å²) in [7, 11) is 0. The molecular formula is C56H48S4. The lowest BCUT2D eigenvalue weighted by molar-refractivity contribution is 1.35. The van der Waals surface area contributed by atoms with Crippen LogP contribution >= 0.6 is 47.0 Å². The third kappa shape index (κ3) is 10.9. The Bertz CT molecular complexity index is 2000. The van der Waals surface area contributed by atoms with Crippen molar-refractivity contribution in [3.05, 3.63) is 239 Å². The first kappa shape index (κ1) is 40.6. The van der Waals surface area contributed by atoms with Crippen molar-refractivity contribution in [2.75, 3.05) is 0 Å². The van der Waals surface area contributed by atoms with E-state index in [4.69, 9.17) is 0 Å². The van der Waals surface area contributed by atoms with Crippen LogP contribution < -0.4 is 0 Å². The Labute approximate surface area is 373 Å². The molecule has 0 fully saturated rings. The van der Waals surface area contributed by atoms with Crippen molar-refractivity contribution >= 4 is 47.0 Å². The highest BCUT2D eigenvalue weighted by atomic mass is 32.2. The van der Waals surface area contributed by atoms with Crippen molar-refractivity contribution in [1.82, 2.24) is 0 Å². The molecule has 0 saturated heterocycles. The second-order valence-corrected chi connectivity index (χ2v) is 19.5. The highest BCUT2D eigenvalue weighted by molar-refractivity contribution is 7.98. The average Bonchev–Trinajstić information content (AvgIpc) is 3.31. The second kappa shape index (κ2) is 20.1. The number of thioether (sulfide) groups is 4. The summed E-state index contributed by atoms with van der Waals surface area (Å²) in [4.78, 5) is 0. The lowest BCUT2D eigenvalue weighted by Crippen LogP contribution is -1.88. The zero-order chi connectivity index (χ0) is 40.4.